The first-order valence-electron chi connectivity index (χ1n) is 6.59. The highest BCUT2D eigenvalue weighted by Gasteiger charge is 2.25. The minimum Gasteiger partial charge on any atom is -0.399 e. The number of carbonyl (C=O) groups excluding carboxylic acids is 2. The van der Waals surface area contributed by atoms with Crippen LogP contribution in [0.4, 0.5) is 11.4 Å². The topological polar surface area (TPSA) is 84.2 Å². The zero-order valence-corrected chi connectivity index (χ0v) is 13.9. The second-order valence-corrected chi connectivity index (χ2v) is 6.01. The number of amides is 2. The van der Waals surface area contributed by atoms with Crippen LogP contribution in [-0.4, -0.2) is 17.9 Å². The lowest BCUT2D eigenvalue weighted by atomic mass is 9.95. The van der Waals surface area contributed by atoms with E-state index >= 15 is 0 Å². The molecule has 0 spiro atoms. The second kappa shape index (κ2) is 7.31. The van der Waals surface area contributed by atoms with Gasteiger partial charge in [0, 0.05) is 16.8 Å². The molecule has 21 heavy (non-hydrogen) atoms. The average molecular weight is 314 g/mol. The largest absolute Gasteiger partial charge is 0.399 e. The molecule has 0 aliphatic carbocycles. The van der Waals surface area contributed by atoms with Gasteiger partial charge in [-0.15, -0.1) is 12.4 Å². The van der Waals surface area contributed by atoms with E-state index < -0.39 is 11.5 Å². The number of hydrogen-bond donors (Lipinski definition) is 3. The number of hydrogen-bond acceptors (Lipinski definition) is 3. The summed E-state index contributed by atoms with van der Waals surface area (Å²) in [6.07, 6.45) is 0. The standard InChI is InChI=1S/C15H23N3O2.ClH/c1-9-6-7-11(16)8-12(9)18-13(19)10(2)17-14(20)15(3,4)5;/h6-8,10H,16H2,1-5H3,(H,17,20)(H,18,19);1H. The molecule has 0 aliphatic heterocycles. The zero-order valence-electron chi connectivity index (χ0n) is 13.1. The van der Waals surface area contributed by atoms with Gasteiger partial charge in [0.2, 0.25) is 11.8 Å². The van der Waals surface area contributed by atoms with E-state index in [-0.39, 0.29) is 24.2 Å². The molecule has 1 unspecified atom stereocenters. The van der Waals surface area contributed by atoms with Crippen LogP contribution in [0.25, 0.3) is 0 Å². The maximum atomic E-state index is 12.1. The molecule has 0 radical (unpaired) electrons. The molecule has 6 heteroatoms. The summed E-state index contributed by atoms with van der Waals surface area (Å²) in [5.74, 6) is -0.430. The van der Waals surface area contributed by atoms with Gasteiger partial charge in [-0.2, -0.15) is 0 Å². The Morgan fingerprint density at radius 3 is 2.33 bits per heavy atom. The lowest BCUT2D eigenvalue weighted by Crippen LogP contribution is -2.46. The number of aryl methyl sites for hydroxylation is 1. The zero-order chi connectivity index (χ0) is 15.5. The average Bonchev–Trinajstić information content (AvgIpc) is 2.32. The van der Waals surface area contributed by atoms with Crippen molar-refractivity contribution in [1.29, 1.82) is 0 Å². The molecule has 1 atom stereocenters. The van der Waals surface area contributed by atoms with E-state index in [1.165, 1.54) is 0 Å². The van der Waals surface area contributed by atoms with Crippen molar-refractivity contribution in [3.8, 4) is 0 Å². The van der Waals surface area contributed by atoms with Gasteiger partial charge in [0.1, 0.15) is 6.04 Å². The van der Waals surface area contributed by atoms with Crippen LogP contribution in [0.2, 0.25) is 0 Å². The molecule has 0 saturated carbocycles. The third-order valence-electron chi connectivity index (χ3n) is 2.94. The van der Waals surface area contributed by atoms with E-state index in [0.29, 0.717) is 11.4 Å². The molecule has 4 N–H and O–H groups in total. The molecular weight excluding hydrogens is 290 g/mol. The van der Waals surface area contributed by atoms with Crippen LogP contribution in [0.15, 0.2) is 18.2 Å². The number of nitrogens with one attached hydrogen (secondary N) is 2. The van der Waals surface area contributed by atoms with E-state index in [2.05, 4.69) is 10.6 Å². The Labute approximate surface area is 132 Å². The number of benzene rings is 1. The van der Waals surface area contributed by atoms with Gasteiger partial charge in [-0.1, -0.05) is 26.8 Å². The van der Waals surface area contributed by atoms with Crippen molar-refractivity contribution in [1.82, 2.24) is 5.32 Å². The monoisotopic (exact) mass is 313 g/mol. The van der Waals surface area contributed by atoms with Crippen molar-refractivity contribution in [2.45, 2.75) is 40.7 Å². The predicted molar refractivity (Wildman–Crippen MR) is 88.5 cm³/mol. The minimum atomic E-state index is -0.609. The molecule has 5 nitrogen and oxygen atoms in total. The minimum absolute atomic E-state index is 0. The molecule has 1 aromatic carbocycles. The molecule has 118 valence electrons. The third-order valence-corrected chi connectivity index (χ3v) is 2.94. The number of anilines is 2. The molecule has 0 saturated heterocycles. The van der Waals surface area contributed by atoms with Gasteiger partial charge in [-0.3, -0.25) is 9.59 Å². The van der Waals surface area contributed by atoms with Gasteiger partial charge in [0.15, 0.2) is 0 Å². The van der Waals surface area contributed by atoms with Crippen molar-refractivity contribution in [2.75, 3.05) is 11.1 Å². The Morgan fingerprint density at radius 2 is 1.81 bits per heavy atom. The van der Waals surface area contributed by atoms with Crippen molar-refractivity contribution in [3.05, 3.63) is 23.8 Å². The Bertz CT molecular complexity index is 524. The van der Waals surface area contributed by atoms with Gasteiger partial charge in [-0.05, 0) is 31.5 Å². The molecular formula is C15H24ClN3O2. The van der Waals surface area contributed by atoms with Gasteiger partial charge in [0.05, 0.1) is 0 Å². The lowest BCUT2D eigenvalue weighted by Gasteiger charge is -2.21. The lowest BCUT2D eigenvalue weighted by molar-refractivity contribution is -0.131. The van der Waals surface area contributed by atoms with Crippen LogP contribution in [-0.2, 0) is 9.59 Å². The van der Waals surface area contributed by atoms with Crippen LogP contribution >= 0.6 is 12.4 Å². The summed E-state index contributed by atoms with van der Waals surface area (Å²) in [6.45, 7) is 8.94. The smallest absolute Gasteiger partial charge is 0.246 e. The number of rotatable bonds is 3. The molecule has 0 bridgehead atoms. The van der Waals surface area contributed by atoms with Crippen LogP contribution in [0, 0.1) is 12.3 Å². The maximum absolute atomic E-state index is 12.1. The first-order valence-corrected chi connectivity index (χ1v) is 6.59. The van der Waals surface area contributed by atoms with E-state index in [0.717, 1.165) is 5.56 Å². The molecule has 0 aliphatic rings. The summed E-state index contributed by atoms with van der Waals surface area (Å²) in [5.41, 5.74) is 7.33. The maximum Gasteiger partial charge on any atom is 0.246 e. The summed E-state index contributed by atoms with van der Waals surface area (Å²) < 4.78 is 0. The fourth-order valence-corrected chi connectivity index (χ4v) is 1.49. The third kappa shape index (κ3) is 5.63. The van der Waals surface area contributed by atoms with Crippen molar-refractivity contribution >= 4 is 35.6 Å². The highest BCUT2D eigenvalue weighted by atomic mass is 35.5. The van der Waals surface area contributed by atoms with Crippen LogP contribution < -0.4 is 16.4 Å². The molecule has 2 amide bonds. The van der Waals surface area contributed by atoms with Gasteiger partial charge >= 0.3 is 0 Å². The molecule has 0 aromatic heterocycles. The Hall–Kier alpha value is -1.75. The summed E-state index contributed by atoms with van der Waals surface area (Å²) in [6, 6.07) is 4.70. The van der Waals surface area contributed by atoms with Gasteiger partial charge in [-0.25, -0.2) is 0 Å². The molecule has 1 rings (SSSR count). The van der Waals surface area contributed by atoms with E-state index in [1.807, 2.05) is 13.0 Å². The summed E-state index contributed by atoms with van der Waals surface area (Å²) in [5, 5.41) is 5.47. The first kappa shape index (κ1) is 19.2. The molecule has 1 aromatic rings. The van der Waals surface area contributed by atoms with E-state index in [9.17, 15) is 9.59 Å². The van der Waals surface area contributed by atoms with Crippen LogP contribution in [0.1, 0.15) is 33.3 Å². The summed E-state index contributed by atoms with van der Waals surface area (Å²) in [7, 11) is 0. The second-order valence-electron chi connectivity index (χ2n) is 6.01. The summed E-state index contributed by atoms with van der Waals surface area (Å²) >= 11 is 0. The predicted octanol–water partition coefficient (Wildman–Crippen LogP) is 2.49. The molecule has 0 heterocycles. The number of halogens is 1. The highest BCUT2D eigenvalue weighted by molar-refractivity contribution is 5.98. The SMILES string of the molecule is Cc1ccc(N)cc1NC(=O)C(C)NC(=O)C(C)(C)C.Cl. The normalized spacial score (nSPS) is 12.0. The van der Waals surface area contributed by atoms with Crippen LogP contribution in [0.3, 0.4) is 0 Å². The van der Waals surface area contributed by atoms with E-state index in [1.54, 1.807) is 39.8 Å². The van der Waals surface area contributed by atoms with Crippen molar-refractivity contribution in [3.63, 3.8) is 0 Å². The summed E-state index contributed by atoms with van der Waals surface area (Å²) in [4.78, 5) is 23.9. The Kier molecular flexibility index (Phi) is 6.70. The van der Waals surface area contributed by atoms with Crippen molar-refractivity contribution < 1.29 is 9.59 Å². The number of nitrogen functional groups attached to an aromatic ring is 1. The first-order chi connectivity index (χ1) is 9.11. The van der Waals surface area contributed by atoms with Crippen molar-refractivity contribution in [2.24, 2.45) is 5.41 Å². The van der Waals surface area contributed by atoms with Crippen LogP contribution in [0.5, 0.6) is 0 Å². The fraction of sp³-hybridized carbons (Fsp3) is 0.467. The van der Waals surface area contributed by atoms with E-state index in [4.69, 9.17) is 5.73 Å². The molecule has 0 fully saturated rings. The number of nitrogens with two attached hydrogens (primary N) is 1. The Morgan fingerprint density at radius 1 is 1.24 bits per heavy atom. The van der Waals surface area contributed by atoms with Gasteiger partial charge < -0.3 is 16.4 Å². The Balaban J connectivity index is 0.00000400. The quantitative estimate of drug-likeness (QED) is 0.750. The number of carbonyl (C=O) groups is 2. The highest BCUT2D eigenvalue weighted by Crippen LogP contribution is 2.18. The fourth-order valence-electron chi connectivity index (χ4n) is 1.49. The van der Waals surface area contributed by atoms with Gasteiger partial charge in [0.25, 0.3) is 0 Å².